The lowest BCUT2D eigenvalue weighted by Crippen LogP contribution is -2.38. The molecule has 0 aliphatic carbocycles. The van der Waals surface area contributed by atoms with Gasteiger partial charge in [-0.05, 0) is 113 Å². The minimum atomic E-state index is -1.71. The van der Waals surface area contributed by atoms with Crippen molar-refractivity contribution in [2.45, 2.75) is 175 Å². The maximum absolute atomic E-state index is 13.1. The van der Waals surface area contributed by atoms with Gasteiger partial charge in [-0.2, -0.15) is 0 Å². The van der Waals surface area contributed by atoms with Crippen LogP contribution in [0.3, 0.4) is 0 Å². The number of hydrogen-bond donors (Lipinski definition) is 7. The SMILES string of the molecule is CC[C@H]1/C=C/CC[C@@H](C)[C@H](O)C[C@H]([C@@H](CO)C[C@H](C)CC[C@H](O)[C@H](C)/C=C/[C@H](O)C(C)C)OC(=O)/C=C/[C@](C)(O)[C@H](O)CCC[C@@H](O)[C@H](C)CC1. The summed E-state index contributed by atoms with van der Waals surface area (Å²) in [6.07, 6.45) is 13.4. The van der Waals surface area contributed by atoms with Crippen molar-refractivity contribution < 1.29 is 45.3 Å². The second kappa shape index (κ2) is 24.7. The van der Waals surface area contributed by atoms with Crippen molar-refractivity contribution in [3.05, 3.63) is 36.5 Å². The standard InChI is InChI=1S/C42H76O9/c1-9-33-14-11-10-13-30(5)38(47)26-39(34(27-43)25-29(4)17-21-37(46)32(7)19-22-35(44)28(2)3)51-41(49)23-24-42(8,50)40(48)16-12-15-36(45)31(6)18-20-33/h11,14,19,22-24,28-40,43-48,50H,9-10,12-13,15-18,20-21,25-27H2,1-8H3/b14-11+,22-19+,24-23+/t29-,30-,31-,32-,33+,34-,35+,36-,37+,38-,39-,40-,42+/m1/s1. The maximum Gasteiger partial charge on any atom is 0.330 e. The number of aliphatic hydroxyl groups excluding tert-OH is 6. The Bertz CT molecular complexity index is 1020. The minimum absolute atomic E-state index is 0.0708. The molecular weight excluding hydrogens is 648 g/mol. The van der Waals surface area contributed by atoms with Gasteiger partial charge in [0, 0.05) is 30.9 Å². The van der Waals surface area contributed by atoms with Crippen LogP contribution in [0.15, 0.2) is 36.5 Å². The Morgan fingerprint density at radius 3 is 2.24 bits per heavy atom. The lowest BCUT2D eigenvalue weighted by molar-refractivity contribution is -0.149. The van der Waals surface area contributed by atoms with Crippen LogP contribution in [-0.2, 0) is 9.53 Å². The molecule has 0 aromatic rings. The summed E-state index contributed by atoms with van der Waals surface area (Å²) in [6.45, 7) is 15.2. The molecular formula is C42H76O9. The normalized spacial score (nSPS) is 34.4. The Morgan fingerprint density at radius 1 is 0.941 bits per heavy atom. The zero-order valence-electron chi connectivity index (χ0n) is 33.1. The largest absolute Gasteiger partial charge is 0.459 e. The Labute approximate surface area is 309 Å². The fourth-order valence-electron chi connectivity index (χ4n) is 6.72. The molecule has 0 amide bonds. The fraction of sp³-hybridized carbons (Fsp3) is 0.833. The van der Waals surface area contributed by atoms with Crippen molar-refractivity contribution in [2.24, 2.45) is 41.4 Å². The molecule has 7 N–H and O–H groups in total. The van der Waals surface area contributed by atoms with Crippen molar-refractivity contribution in [3.8, 4) is 0 Å². The van der Waals surface area contributed by atoms with Gasteiger partial charge in [-0.15, -0.1) is 0 Å². The van der Waals surface area contributed by atoms with Crippen LogP contribution in [0.25, 0.3) is 0 Å². The van der Waals surface area contributed by atoms with Gasteiger partial charge in [0.25, 0.3) is 0 Å². The number of allylic oxidation sites excluding steroid dienone is 2. The number of rotatable bonds is 12. The van der Waals surface area contributed by atoms with E-state index in [2.05, 4.69) is 19.1 Å². The second-order valence-corrected chi connectivity index (χ2v) is 16.5. The quantitative estimate of drug-likeness (QED) is 0.0908. The molecule has 0 fully saturated rings. The first-order chi connectivity index (χ1) is 23.9. The lowest BCUT2D eigenvalue weighted by atomic mass is 9.84. The van der Waals surface area contributed by atoms with Crippen molar-refractivity contribution in [3.63, 3.8) is 0 Å². The topological polar surface area (TPSA) is 168 Å². The molecule has 0 bridgehead atoms. The molecule has 0 saturated carbocycles. The van der Waals surface area contributed by atoms with E-state index in [1.54, 1.807) is 6.08 Å². The summed E-state index contributed by atoms with van der Waals surface area (Å²) in [7, 11) is 0. The van der Waals surface area contributed by atoms with Gasteiger partial charge in [0.2, 0.25) is 0 Å². The molecule has 1 rings (SSSR count). The number of aliphatic hydroxyl groups is 7. The first-order valence-electron chi connectivity index (χ1n) is 19.9. The third-order valence-electron chi connectivity index (χ3n) is 11.3. The number of carbonyl (C=O) groups is 1. The first kappa shape index (κ1) is 47.4. The lowest BCUT2D eigenvalue weighted by Gasteiger charge is -2.31. The summed E-state index contributed by atoms with van der Waals surface area (Å²) < 4.78 is 5.89. The highest BCUT2D eigenvalue weighted by molar-refractivity contribution is 5.82. The van der Waals surface area contributed by atoms with Crippen LogP contribution >= 0.6 is 0 Å². The molecule has 0 radical (unpaired) electrons. The molecule has 9 nitrogen and oxygen atoms in total. The Hall–Kier alpha value is -1.59. The van der Waals surface area contributed by atoms with Crippen LogP contribution < -0.4 is 0 Å². The predicted octanol–water partition coefficient (Wildman–Crippen LogP) is 6.26. The first-order valence-corrected chi connectivity index (χ1v) is 19.9. The van der Waals surface area contributed by atoms with E-state index in [-0.39, 0.29) is 49.0 Å². The second-order valence-electron chi connectivity index (χ2n) is 16.5. The fourth-order valence-corrected chi connectivity index (χ4v) is 6.72. The van der Waals surface area contributed by atoms with Gasteiger partial charge in [0.05, 0.1) is 30.5 Å². The number of cyclic esters (lactones) is 1. The van der Waals surface area contributed by atoms with Crippen LogP contribution in [0, 0.1) is 41.4 Å². The molecule has 0 spiro atoms. The van der Waals surface area contributed by atoms with Crippen molar-refractivity contribution in [1.29, 1.82) is 0 Å². The van der Waals surface area contributed by atoms with Crippen LogP contribution in [0.1, 0.15) is 132 Å². The molecule has 51 heavy (non-hydrogen) atoms. The number of hydrogen-bond acceptors (Lipinski definition) is 9. The van der Waals surface area contributed by atoms with Gasteiger partial charge < -0.3 is 40.5 Å². The zero-order valence-corrected chi connectivity index (χ0v) is 33.1. The number of ether oxygens (including phenoxy) is 1. The molecule has 0 aromatic carbocycles. The van der Waals surface area contributed by atoms with E-state index in [1.807, 2.05) is 47.6 Å². The Balaban J connectivity index is 3.14. The molecule has 0 saturated heterocycles. The summed E-state index contributed by atoms with van der Waals surface area (Å²) in [6, 6.07) is 0. The van der Waals surface area contributed by atoms with Crippen molar-refractivity contribution in [1.82, 2.24) is 0 Å². The highest BCUT2D eigenvalue weighted by atomic mass is 16.5. The average molecular weight is 725 g/mol. The number of esters is 1. The average Bonchev–Trinajstić information content (AvgIpc) is 3.09. The Morgan fingerprint density at radius 2 is 1.61 bits per heavy atom. The van der Waals surface area contributed by atoms with Crippen molar-refractivity contribution >= 4 is 5.97 Å². The summed E-state index contributed by atoms with van der Waals surface area (Å²) in [4.78, 5) is 13.1. The summed E-state index contributed by atoms with van der Waals surface area (Å²) in [5.41, 5.74) is -1.71. The van der Waals surface area contributed by atoms with E-state index in [1.165, 1.54) is 13.0 Å². The molecule has 0 unspecified atom stereocenters. The van der Waals surface area contributed by atoms with Crippen LogP contribution in [0.2, 0.25) is 0 Å². The van der Waals surface area contributed by atoms with Gasteiger partial charge in [0.1, 0.15) is 11.7 Å². The van der Waals surface area contributed by atoms with E-state index in [9.17, 15) is 40.5 Å². The van der Waals surface area contributed by atoms with E-state index in [0.717, 1.165) is 38.2 Å². The third kappa shape index (κ3) is 18.8. The highest BCUT2D eigenvalue weighted by Gasteiger charge is 2.32. The van der Waals surface area contributed by atoms with E-state index in [0.29, 0.717) is 38.0 Å². The third-order valence-corrected chi connectivity index (χ3v) is 11.3. The molecule has 1 aliphatic rings. The molecule has 0 aromatic heterocycles. The number of carbonyl (C=O) groups excluding carboxylic acids is 1. The molecule has 9 heteroatoms. The Kier molecular flexibility index (Phi) is 22.9. The van der Waals surface area contributed by atoms with E-state index >= 15 is 0 Å². The monoisotopic (exact) mass is 725 g/mol. The summed E-state index contributed by atoms with van der Waals surface area (Å²) >= 11 is 0. The van der Waals surface area contributed by atoms with Crippen molar-refractivity contribution in [2.75, 3.05) is 6.61 Å². The summed E-state index contributed by atoms with van der Waals surface area (Å²) in [5.74, 6) is -0.762. The summed E-state index contributed by atoms with van der Waals surface area (Å²) in [5, 5.41) is 75.1. The van der Waals surface area contributed by atoms with Gasteiger partial charge in [-0.3, -0.25) is 0 Å². The molecule has 13 atom stereocenters. The van der Waals surface area contributed by atoms with Crippen LogP contribution in [0.5, 0.6) is 0 Å². The molecule has 1 heterocycles. The minimum Gasteiger partial charge on any atom is -0.459 e. The zero-order chi connectivity index (χ0) is 38.7. The highest BCUT2D eigenvalue weighted by Crippen LogP contribution is 2.29. The maximum atomic E-state index is 13.1. The molecule has 298 valence electrons. The van der Waals surface area contributed by atoms with E-state index < -0.39 is 54.1 Å². The van der Waals surface area contributed by atoms with E-state index in [4.69, 9.17) is 4.74 Å². The van der Waals surface area contributed by atoms with Crippen LogP contribution in [-0.4, -0.2) is 90.5 Å². The van der Waals surface area contributed by atoms with Gasteiger partial charge in [-0.25, -0.2) is 4.79 Å². The van der Waals surface area contributed by atoms with Crippen LogP contribution in [0.4, 0.5) is 0 Å². The van der Waals surface area contributed by atoms with Gasteiger partial charge in [-0.1, -0.05) is 72.8 Å². The smallest absolute Gasteiger partial charge is 0.330 e. The van der Waals surface area contributed by atoms with Gasteiger partial charge in [0.15, 0.2) is 0 Å². The molecule has 1 aliphatic heterocycles. The predicted molar refractivity (Wildman–Crippen MR) is 205 cm³/mol. The van der Waals surface area contributed by atoms with Gasteiger partial charge >= 0.3 is 5.97 Å².